The van der Waals surface area contributed by atoms with Crippen molar-refractivity contribution in [2.45, 2.75) is 26.7 Å². The molecule has 1 aromatic carbocycles. The number of methoxy groups -OCH3 is 2. The highest BCUT2D eigenvalue weighted by molar-refractivity contribution is 5.96. The SMILES string of the molecule is CCc1c(OC)cc(C(N)=O)c(CC)c1OC. The molecule has 1 amide bonds. The molecule has 0 bridgehead atoms. The molecule has 0 unspecified atom stereocenters. The lowest BCUT2D eigenvalue weighted by molar-refractivity contribution is 0.0998. The Labute approximate surface area is 102 Å². The molecular weight excluding hydrogens is 218 g/mol. The smallest absolute Gasteiger partial charge is 0.249 e. The molecule has 0 atom stereocenters. The van der Waals surface area contributed by atoms with Crippen LogP contribution in [0.5, 0.6) is 11.5 Å². The van der Waals surface area contributed by atoms with Crippen LogP contribution in [-0.2, 0) is 12.8 Å². The van der Waals surface area contributed by atoms with E-state index in [0.29, 0.717) is 23.5 Å². The summed E-state index contributed by atoms with van der Waals surface area (Å²) < 4.78 is 10.7. The average Bonchev–Trinajstić information content (AvgIpc) is 2.35. The highest BCUT2D eigenvalue weighted by atomic mass is 16.5. The molecule has 0 radical (unpaired) electrons. The first-order valence-electron chi connectivity index (χ1n) is 5.67. The van der Waals surface area contributed by atoms with Crippen LogP contribution < -0.4 is 15.2 Å². The van der Waals surface area contributed by atoms with Gasteiger partial charge in [-0.2, -0.15) is 0 Å². The van der Waals surface area contributed by atoms with Gasteiger partial charge in [0.1, 0.15) is 11.5 Å². The minimum atomic E-state index is -0.457. The second kappa shape index (κ2) is 5.57. The number of rotatable bonds is 5. The van der Waals surface area contributed by atoms with Crippen LogP contribution in [0.3, 0.4) is 0 Å². The highest BCUT2D eigenvalue weighted by Gasteiger charge is 2.19. The Hall–Kier alpha value is -1.71. The lowest BCUT2D eigenvalue weighted by Crippen LogP contribution is -2.15. The minimum absolute atomic E-state index is 0.457. The van der Waals surface area contributed by atoms with E-state index in [1.807, 2.05) is 13.8 Å². The van der Waals surface area contributed by atoms with Crippen LogP contribution in [0.15, 0.2) is 6.07 Å². The van der Waals surface area contributed by atoms with Crippen molar-refractivity contribution in [2.75, 3.05) is 14.2 Å². The Kier molecular flexibility index (Phi) is 4.37. The number of nitrogens with two attached hydrogens (primary N) is 1. The van der Waals surface area contributed by atoms with Crippen molar-refractivity contribution < 1.29 is 14.3 Å². The monoisotopic (exact) mass is 237 g/mol. The first-order valence-corrected chi connectivity index (χ1v) is 5.67. The number of amides is 1. The Morgan fingerprint density at radius 1 is 1.18 bits per heavy atom. The van der Waals surface area contributed by atoms with Gasteiger partial charge in [-0.15, -0.1) is 0 Å². The van der Waals surface area contributed by atoms with Crippen LogP contribution in [0.25, 0.3) is 0 Å². The normalized spacial score (nSPS) is 10.1. The van der Waals surface area contributed by atoms with Gasteiger partial charge in [0.15, 0.2) is 0 Å². The summed E-state index contributed by atoms with van der Waals surface area (Å²) >= 11 is 0. The molecule has 17 heavy (non-hydrogen) atoms. The van der Waals surface area contributed by atoms with Crippen molar-refractivity contribution in [1.29, 1.82) is 0 Å². The highest BCUT2D eigenvalue weighted by Crippen LogP contribution is 2.35. The predicted octanol–water partition coefficient (Wildman–Crippen LogP) is 1.93. The van der Waals surface area contributed by atoms with Gasteiger partial charge in [0.05, 0.1) is 14.2 Å². The Bertz CT molecular complexity index is 427. The standard InChI is InChI=1S/C13H19NO3/c1-5-8-10(13(14)15)7-11(16-3)9(6-2)12(8)17-4/h7H,5-6H2,1-4H3,(H2,14,15). The summed E-state index contributed by atoms with van der Waals surface area (Å²) in [6.07, 6.45) is 1.47. The van der Waals surface area contributed by atoms with Crippen LogP contribution >= 0.6 is 0 Å². The van der Waals surface area contributed by atoms with Crippen molar-refractivity contribution in [3.05, 3.63) is 22.8 Å². The molecule has 4 nitrogen and oxygen atoms in total. The van der Waals surface area contributed by atoms with E-state index in [1.54, 1.807) is 20.3 Å². The van der Waals surface area contributed by atoms with Crippen LogP contribution in [0.4, 0.5) is 0 Å². The number of primary amides is 1. The summed E-state index contributed by atoms with van der Waals surface area (Å²) in [6.45, 7) is 3.99. The lowest BCUT2D eigenvalue weighted by Gasteiger charge is -2.18. The summed E-state index contributed by atoms with van der Waals surface area (Å²) in [4.78, 5) is 11.4. The zero-order valence-electron chi connectivity index (χ0n) is 10.8. The third-order valence-corrected chi connectivity index (χ3v) is 2.84. The van der Waals surface area contributed by atoms with Gasteiger partial charge in [-0.25, -0.2) is 0 Å². The van der Waals surface area contributed by atoms with Gasteiger partial charge in [0, 0.05) is 16.7 Å². The van der Waals surface area contributed by atoms with Crippen molar-refractivity contribution in [1.82, 2.24) is 0 Å². The van der Waals surface area contributed by atoms with E-state index in [4.69, 9.17) is 15.2 Å². The number of ether oxygens (including phenoxy) is 2. The molecule has 0 aliphatic rings. The number of carbonyl (C=O) groups excluding carboxylic acids is 1. The summed E-state index contributed by atoms with van der Waals surface area (Å²) in [5.41, 5.74) is 7.66. The summed E-state index contributed by atoms with van der Waals surface area (Å²) in [5.74, 6) is 0.902. The van der Waals surface area contributed by atoms with Crippen molar-refractivity contribution >= 4 is 5.91 Å². The minimum Gasteiger partial charge on any atom is -0.496 e. The molecule has 0 aromatic heterocycles. The van der Waals surface area contributed by atoms with Crippen LogP contribution in [0.1, 0.15) is 35.3 Å². The zero-order chi connectivity index (χ0) is 13.0. The summed E-state index contributed by atoms with van der Waals surface area (Å²) in [7, 11) is 3.17. The van der Waals surface area contributed by atoms with E-state index in [2.05, 4.69) is 0 Å². The molecule has 0 saturated carbocycles. The molecule has 0 aliphatic heterocycles. The maximum absolute atomic E-state index is 11.4. The first-order chi connectivity index (χ1) is 8.10. The molecule has 2 N–H and O–H groups in total. The number of benzene rings is 1. The molecule has 1 aromatic rings. The van der Waals surface area contributed by atoms with E-state index >= 15 is 0 Å². The lowest BCUT2D eigenvalue weighted by atomic mass is 9.97. The maximum Gasteiger partial charge on any atom is 0.249 e. The average molecular weight is 237 g/mol. The number of hydrogen-bond acceptors (Lipinski definition) is 3. The van der Waals surface area contributed by atoms with E-state index < -0.39 is 5.91 Å². The summed E-state index contributed by atoms with van der Waals surface area (Å²) in [6, 6.07) is 1.70. The van der Waals surface area contributed by atoms with Gasteiger partial charge < -0.3 is 15.2 Å². The van der Waals surface area contributed by atoms with Gasteiger partial charge in [0.25, 0.3) is 0 Å². The molecule has 0 fully saturated rings. The first kappa shape index (κ1) is 13.4. The maximum atomic E-state index is 11.4. The molecule has 4 heteroatoms. The van der Waals surface area contributed by atoms with Crippen LogP contribution in [0.2, 0.25) is 0 Å². The summed E-state index contributed by atoms with van der Waals surface area (Å²) in [5, 5.41) is 0. The van der Waals surface area contributed by atoms with E-state index in [9.17, 15) is 4.79 Å². The van der Waals surface area contributed by atoms with Crippen LogP contribution in [0, 0.1) is 0 Å². The second-order valence-corrected chi connectivity index (χ2v) is 3.69. The van der Waals surface area contributed by atoms with Gasteiger partial charge in [0.2, 0.25) is 5.91 Å². The number of hydrogen-bond donors (Lipinski definition) is 1. The van der Waals surface area contributed by atoms with Crippen LogP contribution in [-0.4, -0.2) is 20.1 Å². The zero-order valence-corrected chi connectivity index (χ0v) is 10.8. The molecule has 0 aliphatic carbocycles. The Morgan fingerprint density at radius 2 is 1.76 bits per heavy atom. The van der Waals surface area contributed by atoms with Crippen molar-refractivity contribution in [2.24, 2.45) is 5.73 Å². The van der Waals surface area contributed by atoms with Gasteiger partial charge in [-0.05, 0) is 18.9 Å². The second-order valence-electron chi connectivity index (χ2n) is 3.69. The fourth-order valence-electron chi connectivity index (χ4n) is 2.06. The van der Waals surface area contributed by atoms with Gasteiger partial charge >= 0.3 is 0 Å². The Balaban J connectivity index is 3.60. The number of carbonyl (C=O) groups is 1. The van der Waals surface area contributed by atoms with E-state index in [1.165, 1.54) is 0 Å². The largest absolute Gasteiger partial charge is 0.496 e. The predicted molar refractivity (Wildman–Crippen MR) is 66.8 cm³/mol. The Morgan fingerprint density at radius 3 is 2.12 bits per heavy atom. The van der Waals surface area contributed by atoms with Gasteiger partial charge in [-0.1, -0.05) is 13.8 Å². The quantitative estimate of drug-likeness (QED) is 0.851. The van der Waals surface area contributed by atoms with Crippen molar-refractivity contribution in [3.63, 3.8) is 0 Å². The fourth-order valence-corrected chi connectivity index (χ4v) is 2.06. The molecule has 0 saturated heterocycles. The van der Waals surface area contributed by atoms with E-state index in [0.717, 1.165) is 17.5 Å². The van der Waals surface area contributed by atoms with Gasteiger partial charge in [-0.3, -0.25) is 4.79 Å². The third-order valence-electron chi connectivity index (χ3n) is 2.84. The van der Waals surface area contributed by atoms with Crippen molar-refractivity contribution in [3.8, 4) is 11.5 Å². The molecule has 0 spiro atoms. The van der Waals surface area contributed by atoms with E-state index in [-0.39, 0.29) is 0 Å². The molecular formula is C13H19NO3. The molecule has 94 valence electrons. The topological polar surface area (TPSA) is 61.5 Å². The molecule has 0 heterocycles. The molecule has 1 rings (SSSR count). The fraction of sp³-hybridized carbons (Fsp3) is 0.462. The third kappa shape index (κ3) is 2.35.